The first-order valence-electron chi connectivity index (χ1n) is 5.55. The number of hydrogen-bond acceptors (Lipinski definition) is 3. The number of carbonyl (C=O) groups is 1. The van der Waals surface area contributed by atoms with Crippen LogP contribution in [-0.4, -0.2) is 25.1 Å². The van der Waals surface area contributed by atoms with E-state index in [1.165, 1.54) is 0 Å². The van der Waals surface area contributed by atoms with Gasteiger partial charge in [-0.1, -0.05) is 12.1 Å². The highest BCUT2D eigenvalue weighted by atomic mass is 16.5. The van der Waals surface area contributed by atoms with Crippen LogP contribution in [0.25, 0.3) is 0 Å². The maximum absolute atomic E-state index is 12.2. The molecule has 1 fully saturated rings. The smallest absolute Gasteiger partial charge is 0.195 e. The molecule has 1 aromatic rings. The van der Waals surface area contributed by atoms with Gasteiger partial charge in [-0.3, -0.25) is 4.79 Å². The quantitative estimate of drug-likeness (QED) is 0.734. The predicted octanol–water partition coefficient (Wildman–Crippen LogP) is 2.45. The zero-order chi connectivity index (χ0) is 11.5. The highest BCUT2D eigenvalue weighted by Gasteiger charge is 2.30. The summed E-state index contributed by atoms with van der Waals surface area (Å²) in [6.07, 6.45) is 1.64. The van der Waals surface area contributed by atoms with Crippen LogP contribution in [0, 0.1) is 0 Å². The molecule has 0 N–H and O–H groups in total. The molecule has 1 saturated heterocycles. The molecule has 0 saturated carbocycles. The molecule has 2 rings (SSSR count). The second kappa shape index (κ2) is 4.66. The number of para-hydroxylation sites is 1. The number of ether oxygens (including phenoxy) is 2. The summed E-state index contributed by atoms with van der Waals surface area (Å²) in [5.41, 5.74) is 0.615. The van der Waals surface area contributed by atoms with Crippen molar-refractivity contribution >= 4 is 5.78 Å². The fraction of sp³-hybridized carbons (Fsp3) is 0.462. The van der Waals surface area contributed by atoms with Crippen LogP contribution in [0.1, 0.15) is 30.1 Å². The van der Waals surface area contributed by atoms with Gasteiger partial charge in [0, 0.05) is 0 Å². The van der Waals surface area contributed by atoms with Gasteiger partial charge < -0.3 is 9.47 Å². The van der Waals surface area contributed by atoms with E-state index < -0.39 is 0 Å². The number of Topliss-reactive ketones (excluding diaryl/α,β-unsaturated/α-hetero) is 1. The third-order valence-electron chi connectivity index (χ3n) is 2.90. The van der Waals surface area contributed by atoms with Gasteiger partial charge in [0.15, 0.2) is 5.78 Å². The largest absolute Gasteiger partial charge is 0.496 e. The topological polar surface area (TPSA) is 35.5 Å². The lowest BCUT2D eigenvalue weighted by Crippen LogP contribution is -2.21. The number of carbonyl (C=O) groups excluding carboxylic acids is 1. The zero-order valence-electron chi connectivity index (χ0n) is 9.60. The van der Waals surface area contributed by atoms with Crippen molar-refractivity contribution in [1.82, 2.24) is 0 Å². The molecule has 0 amide bonds. The molecule has 0 bridgehead atoms. The Bertz CT molecular complexity index is 387. The van der Waals surface area contributed by atoms with Crippen molar-refractivity contribution in [2.45, 2.75) is 32.0 Å². The monoisotopic (exact) mass is 220 g/mol. The SMILES string of the molecule is COc1ccccc1C(=O)C1CCC(C)O1. The molecule has 16 heavy (non-hydrogen) atoms. The normalized spacial score (nSPS) is 24.4. The Morgan fingerprint density at radius 3 is 2.75 bits per heavy atom. The van der Waals surface area contributed by atoms with Gasteiger partial charge in [-0.05, 0) is 31.9 Å². The van der Waals surface area contributed by atoms with Gasteiger partial charge in [0.25, 0.3) is 0 Å². The van der Waals surface area contributed by atoms with Crippen molar-refractivity contribution in [3.8, 4) is 5.75 Å². The van der Waals surface area contributed by atoms with Crippen molar-refractivity contribution in [2.75, 3.05) is 7.11 Å². The number of ketones is 1. The summed E-state index contributed by atoms with van der Waals surface area (Å²) in [4.78, 5) is 12.2. The van der Waals surface area contributed by atoms with Crippen LogP contribution in [-0.2, 0) is 4.74 Å². The third-order valence-corrected chi connectivity index (χ3v) is 2.90. The number of methoxy groups -OCH3 is 1. The van der Waals surface area contributed by atoms with Gasteiger partial charge >= 0.3 is 0 Å². The van der Waals surface area contributed by atoms with Crippen LogP contribution in [0.3, 0.4) is 0 Å². The Labute approximate surface area is 95.4 Å². The van der Waals surface area contributed by atoms with E-state index in [0.717, 1.165) is 12.8 Å². The van der Waals surface area contributed by atoms with Crippen LogP contribution in [0.2, 0.25) is 0 Å². The maximum atomic E-state index is 12.2. The summed E-state index contributed by atoms with van der Waals surface area (Å²) in [5, 5.41) is 0. The average Bonchev–Trinajstić information content (AvgIpc) is 2.75. The molecule has 2 atom stereocenters. The summed E-state index contributed by atoms with van der Waals surface area (Å²) < 4.78 is 10.7. The van der Waals surface area contributed by atoms with Crippen LogP contribution in [0.5, 0.6) is 5.75 Å². The summed E-state index contributed by atoms with van der Waals surface area (Å²) >= 11 is 0. The number of rotatable bonds is 3. The van der Waals surface area contributed by atoms with E-state index >= 15 is 0 Å². The highest BCUT2D eigenvalue weighted by Crippen LogP contribution is 2.26. The molecule has 0 aliphatic carbocycles. The van der Waals surface area contributed by atoms with E-state index in [1.54, 1.807) is 19.2 Å². The maximum Gasteiger partial charge on any atom is 0.195 e. The second-order valence-electron chi connectivity index (χ2n) is 4.08. The Morgan fingerprint density at radius 1 is 1.38 bits per heavy atom. The molecular formula is C13H16O3. The van der Waals surface area contributed by atoms with Gasteiger partial charge in [-0.2, -0.15) is 0 Å². The zero-order valence-corrected chi connectivity index (χ0v) is 9.60. The van der Waals surface area contributed by atoms with Crippen molar-refractivity contribution in [2.24, 2.45) is 0 Å². The fourth-order valence-corrected chi connectivity index (χ4v) is 2.02. The summed E-state index contributed by atoms with van der Waals surface area (Å²) in [6, 6.07) is 7.28. The van der Waals surface area contributed by atoms with Crippen LogP contribution in [0.4, 0.5) is 0 Å². The van der Waals surface area contributed by atoms with Gasteiger partial charge in [0.1, 0.15) is 11.9 Å². The van der Waals surface area contributed by atoms with Crippen molar-refractivity contribution in [1.29, 1.82) is 0 Å². The van der Waals surface area contributed by atoms with Crippen LogP contribution in [0.15, 0.2) is 24.3 Å². The minimum absolute atomic E-state index is 0.0294. The second-order valence-corrected chi connectivity index (χ2v) is 4.08. The average molecular weight is 220 g/mol. The van der Waals surface area contributed by atoms with E-state index in [1.807, 2.05) is 19.1 Å². The van der Waals surface area contributed by atoms with E-state index in [4.69, 9.17) is 9.47 Å². The summed E-state index contributed by atoms with van der Waals surface area (Å²) in [5.74, 6) is 0.650. The molecular weight excluding hydrogens is 204 g/mol. The molecule has 0 spiro atoms. The van der Waals surface area contributed by atoms with Gasteiger partial charge in [0.05, 0.1) is 18.8 Å². The highest BCUT2D eigenvalue weighted by molar-refractivity contribution is 6.01. The van der Waals surface area contributed by atoms with Crippen molar-refractivity contribution < 1.29 is 14.3 Å². The van der Waals surface area contributed by atoms with E-state index in [-0.39, 0.29) is 18.0 Å². The number of hydrogen-bond donors (Lipinski definition) is 0. The molecule has 1 heterocycles. The predicted molar refractivity (Wildman–Crippen MR) is 60.9 cm³/mol. The molecule has 3 heteroatoms. The van der Waals surface area contributed by atoms with Crippen molar-refractivity contribution in [3.05, 3.63) is 29.8 Å². The first kappa shape index (κ1) is 11.1. The molecule has 1 aromatic carbocycles. The molecule has 1 aliphatic rings. The Morgan fingerprint density at radius 2 is 2.12 bits per heavy atom. The van der Waals surface area contributed by atoms with E-state index in [0.29, 0.717) is 11.3 Å². The lowest BCUT2D eigenvalue weighted by atomic mass is 10.0. The molecule has 3 nitrogen and oxygen atoms in total. The van der Waals surface area contributed by atoms with Gasteiger partial charge in [-0.15, -0.1) is 0 Å². The molecule has 86 valence electrons. The Hall–Kier alpha value is -1.35. The molecule has 1 aliphatic heterocycles. The first-order valence-corrected chi connectivity index (χ1v) is 5.55. The van der Waals surface area contributed by atoms with Gasteiger partial charge in [0.2, 0.25) is 0 Å². The molecule has 0 aromatic heterocycles. The van der Waals surface area contributed by atoms with Gasteiger partial charge in [-0.25, -0.2) is 0 Å². The van der Waals surface area contributed by atoms with E-state index in [2.05, 4.69) is 0 Å². The van der Waals surface area contributed by atoms with Crippen molar-refractivity contribution in [3.63, 3.8) is 0 Å². The van der Waals surface area contributed by atoms with E-state index in [9.17, 15) is 4.79 Å². The minimum atomic E-state index is -0.300. The molecule has 2 unspecified atom stereocenters. The third kappa shape index (κ3) is 2.09. The Balaban J connectivity index is 2.20. The number of benzene rings is 1. The minimum Gasteiger partial charge on any atom is -0.496 e. The fourth-order valence-electron chi connectivity index (χ4n) is 2.02. The summed E-state index contributed by atoms with van der Waals surface area (Å²) in [6.45, 7) is 2.00. The van der Waals surface area contributed by atoms with Crippen LogP contribution >= 0.6 is 0 Å². The first-order chi connectivity index (χ1) is 7.72. The molecule has 0 radical (unpaired) electrons. The standard InChI is InChI=1S/C13H16O3/c1-9-7-8-12(16-9)13(14)10-5-3-4-6-11(10)15-2/h3-6,9,12H,7-8H2,1-2H3. The Kier molecular flexibility index (Phi) is 3.25. The van der Waals surface area contributed by atoms with Crippen LogP contribution < -0.4 is 4.74 Å². The lowest BCUT2D eigenvalue weighted by molar-refractivity contribution is 0.0431. The summed E-state index contributed by atoms with van der Waals surface area (Å²) in [7, 11) is 1.57. The lowest BCUT2D eigenvalue weighted by Gasteiger charge is -2.12.